The number of benzene rings is 1. The summed E-state index contributed by atoms with van der Waals surface area (Å²) in [5, 5.41) is -0.0387. The number of rotatable bonds is 5. The molecule has 0 aliphatic rings. The van der Waals surface area contributed by atoms with Crippen LogP contribution in [0.2, 0.25) is 0 Å². The Labute approximate surface area is 109 Å². The summed E-state index contributed by atoms with van der Waals surface area (Å²) in [6.45, 7) is 5.64. The third-order valence-electron chi connectivity index (χ3n) is 3.06. The zero-order valence-electron chi connectivity index (χ0n) is 10.5. The van der Waals surface area contributed by atoms with E-state index in [1.54, 1.807) is 19.1 Å². The molecule has 4 heteroatoms. The second kappa shape index (κ2) is 5.87. The van der Waals surface area contributed by atoms with Crippen LogP contribution in [0.1, 0.15) is 38.7 Å². The lowest BCUT2D eigenvalue weighted by Gasteiger charge is -2.19. The Morgan fingerprint density at radius 3 is 2.35 bits per heavy atom. The first-order valence-electron chi connectivity index (χ1n) is 5.89. The van der Waals surface area contributed by atoms with Crippen molar-refractivity contribution in [3.05, 3.63) is 29.8 Å². The fourth-order valence-electron chi connectivity index (χ4n) is 1.84. The Hall–Kier alpha value is -0.540. The Balaban J connectivity index is 3.26. The fourth-order valence-corrected chi connectivity index (χ4v) is 3.19. The van der Waals surface area contributed by atoms with Crippen LogP contribution in [0.25, 0.3) is 0 Å². The molecule has 0 amide bonds. The van der Waals surface area contributed by atoms with Gasteiger partial charge in [-0.05, 0) is 24.0 Å². The third kappa shape index (κ3) is 3.23. The van der Waals surface area contributed by atoms with Gasteiger partial charge in [-0.3, -0.25) is 0 Å². The normalized spacial score (nSPS) is 15.5. The molecule has 0 spiro atoms. The van der Waals surface area contributed by atoms with Gasteiger partial charge in [0.1, 0.15) is 0 Å². The van der Waals surface area contributed by atoms with E-state index >= 15 is 0 Å². The average molecular weight is 275 g/mol. The highest BCUT2D eigenvalue weighted by Gasteiger charge is 2.23. The Bertz CT molecular complexity index is 468. The molecular weight excluding hydrogens is 256 g/mol. The predicted molar refractivity (Wildman–Crippen MR) is 72.5 cm³/mol. The van der Waals surface area contributed by atoms with Gasteiger partial charge in [0.25, 0.3) is 0 Å². The molecule has 1 rings (SSSR count). The molecule has 0 heterocycles. The Morgan fingerprint density at radius 2 is 1.82 bits per heavy atom. The first kappa shape index (κ1) is 14.5. The summed E-state index contributed by atoms with van der Waals surface area (Å²) in [4.78, 5) is 0.425. The van der Waals surface area contributed by atoms with Gasteiger partial charge in [0.2, 0.25) is 0 Å². The summed E-state index contributed by atoms with van der Waals surface area (Å²) in [6, 6.07) is 7.15. The summed E-state index contributed by atoms with van der Waals surface area (Å²) in [6.07, 6.45) is 0.823. The molecule has 0 radical (unpaired) electrons. The van der Waals surface area contributed by atoms with Gasteiger partial charge in [-0.2, -0.15) is 0 Å². The van der Waals surface area contributed by atoms with E-state index in [-0.39, 0.29) is 17.0 Å². The maximum Gasteiger partial charge on any atom is 0.178 e. The molecule has 2 unspecified atom stereocenters. The third-order valence-corrected chi connectivity index (χ3v) is 5.55. The van der Waals surface area contributed by atoms with Crippen LogP contribution in [0, 0.1) is 0 Å². The van der Waals surface area contributed by atoms with E-state index in [0.29, 0.717) is 4.90 Å². The number of halogens is 1. The largest absolute Gasteiger partial charge is 0.224 e. The molecule has 2 atom stereocenters. The van der Waals surface area contributed by atoms with Crippen LogP contribution >= 0.6 is 11.6 Å². The second-order valence-electron chi connectivity index (χ2n) is 4.15. The van der Waals surface area contributed by atoms with Crippen LogP contribution in [0.3, 0.4) is 0 Å². The van der Waals surface area contributed by atoms with Crippen molar-refractivity contribution in [1.29, 1.82) is 0 Å². The summed E-state index contributed by atoms with van der Waals surface area (Å²) in [7, 11) is -3.17. The Morgan fingerprint density at radius 1 is 1.24 bits per heavy atom. The van der Waals surface area contributed by atoms with Crippen molar-refractivity contribution in [3.63, 3.8) is 0 Å². The highest BCUT2D eigenvalue weighted by Crippen LogP contribution is 2.30. The molecule has 0 aromatic heterocycles. The highest BCUT2D eigenvalue weighted by atomic mass is 35.5. The van der Waals surface area contributed by atoms with Crippen molar-refractivity contribution in [3.8, 4) is 0 Å². The molecule has 1 aromatic rings. The number of alkyl halides is 1. The van der Waals surface area contributed by atoms with Crippen molar-refractivity contribution < 1.29 is 8.42 Å². The summed E-state index contributed by atoms with van der Waals surface area (Å²) in [5.41, 5.74) is 0.830. The first-order valence-corrected chi connectivity index (χ1v) is 7.98. The standard InChI is InChI=1S/C13H19ClO2S/c1-4-12(14)10(3)11-8-6-7-9-13(11)17(15,16)5-2/h6-10,12H,4-5H2,1-3H3. The van der Waals surface area contributed by atoms with Gasteiger partial charge in [0.05, 0.1) is 10.6 Å². The monoisotopic (exact) mass is 274 g/mol. The zero-order chi connectivity index (χ0) is 13.1. The van der Waals surface area contributed by atoms with Crippen LogP contribution < -0.4 is 0 Å². The van der Waals surface area contributed by atoms with E-state index in [1.165, 1.54) is 0 Å². The second-order valence-corrected chi connectivity index (χ2v) is 6.96. The maximum atomic E-state index is 12.0. The number of hydrogen-bond acceptors (Lipinski definition) is 2. The molecule has 0 fully saturated rings. The zero-order valence-corrected chi connectivity index (χ0v) is 12.1. The summed E-state index contributed by atoms with van der Waals surface area (Å²) in [5.74, 6) is 0.162. The molecule has 0 saturated heterocycles. The van der Waals surface area contributed by atoms with E-state index in [4.69, 9.17) is 11.6 Å². The van der Waals surface area contributed by atoms with E-state index in [0.717, 1.165) is 12.0 Å². The molecule has 2 nitrogen and oxygen atoms in total. The average Bonchev–Trinajstić information content (AvgIpc) is 2.36. The fraction of sp³-hybridized carbons (Fsp3) is 0.538. The topological polar surface area (TPSA) is 34.1 Å². The van der Waals surface area contributed by atoms with Crippen LogP contribution in [-0.2, 0) is 9.84 Å². The maximum absolute atomic E-state index is 12.0. The van der Waals surface area contributed by atoms with E-state index in [2.05, 4.69) is 0 Å². The lowest BCUT2D eigenvalue weighted by atomic mass is 9.96. The van der Waals surface area contributed by atoms with Crippen molar-refractivity contribution in [2.45, 2.75) is 43.4 Å². The highest BCUT2D eigenvalue weighted by molar-refractivity contribution is 7.91. The van der Waals surface area contributed by atoms with Crippen molar-refractivity contribution in [1.82, 2.24) is 0 Å². The van der Waals surface area contributed by atoms with Crippen molar-refractivity contribution in [2.75, 3.05) is 5.75 Å². The lowest BCUT2D eigenvalue weighted by Crippen LogP contribution is -2.14. The van der Waals surface area contributed by atoms with E-state index in [9.17, 15) is 8.42 Å². The Kier molecular flexibility index (Phi) is 5.02. The number of hydrogen-bond donors (Lipinski definition) is 0. The summed E-state index contributed by atoms with van der Waals surface area (Å²) >= 11 is 6.22. The smallest absolute Gasteiger partial charge is 0.178 e. The van der Waals surface area contributed by atoms with Gasteiger partial charge < -0.3 is 0 Å². The predicted octanol–water partition coefficient (Wildman–Crippen LogP) is 3.60. The van der Waals surface area contributed by atoms with Crippen molar-refractivity contribution >= 4 is 21.4 Å². The molecule has 0 aliphatic heterocycles. The van der Waals surface area contributed by atoms with Crippen LogP contribution in [-0.4, -0.2) is 19.5 Å². The molecule has 1 aromatic carbocycles. The minimum atomic E-state index is -3.17. The molecule has 96 valence electrons. The molecule has 17 heavy (non-hydrogen) atoms. The van der Waals surface area contributed by atoms with Gasteiger partial charge in [0.15, 0.2) is 9.84 Å². The van der Waals surface area contributed by atoms with E-state index in [1.807, 2.05) is 26.0 Å². The molecule has 0 aliphatic carbocycles. The molecule has 0 bridgehead atoms. The van der Waals surface area contributed by atoms with Gasteiger partial charge >= 0.3 is 0 Å². The molecule has 0 N–H and O–H groups in total. The SMILES string of the molecule is CCC(Cl)C(C)c1ccccc1S(=O)(=O)CC. The quantitative estimate of drug-likeness (QED) is 0.769. The first-order chi connectivity index (χ1) is 7.94. The minimum absolute atomic E-state index is 0.0387. The minimum Gasteiger partial charge on any atom is -0.224 e. The lowest BCUT2D eigenvalue weighted by molar-refractivity contribution is 0.591. The van der Waals surface area contributed by atoms with Gasteiger partial charge in [-0.15, -0.1) is 11.6 Å². The van der Waals surface area contributed by atoms with Gasteiger partial charge in [-0.1, -0.05) is 39.0 Å². The molecule has 0 saturated carbocycles. The van der Waals surface area contributed by atoms with Gasteiger partial charge in [0, 0.05) is 5.38 Å². The van der Waals surface area contributed by atoms with Crippen LogP contribution in [0.15, 0.2) is 29.2 Å². The van der Waals surface area contributed by atoms with Crippen LogP contribution in [0.4, 0.5) is 0 Å². The summed E-state index contributed by atoms with van der Waals surface area (Å²) < 4.78 is 24.0. The van der Waals surface area contributed by atoms with Crippen LogP contribution in [0.5, 0.6) is 0 Å². The molecular formula is C13H19ClO2S. The van der Waals surface area contributed by atoms with E-state index < -0.39 is 9.84 Å². The number of sulfone groups is 1. The van der Waals surface area contributed by atoms with Crippen molar-refractivity contribution in [2.24, 2.45) is 0 Å². The van der Waals surface area contributed by atoms with Gasteiger partial charge in [-0.25, -0.2) is 8.42 Å².